The Morgan fingerprint density at radius 2 is 1.46 bits per heavy atom. The number of nitrogens with zero attached hydrogens (tertiary/aromatic N) is 4. The Morgan fingerprint density at radius 1 is 0.905 bits per heavy atom. The summed E-state index contributed by atoms with van der Waals surface area (Å²) in [7, 11) is -1.24. The zero-order chi connectivity index (χ0) is 46.1. The molecule has 5 atom stereocenters. The van der Waals surface area contributed by atoms with Crippen molar-refractivity contribution < 1.29 is 37.2 Å². The van der Waals surface area contributed by atoms with Crippen LogP contribution in [-0.2, 0) is 33.3 Å². The minimum absolute atomic E-state index is 0.00483. The molecule has 2 unspecified atom stereocenters. The number of hydrogen-bond acceptors (Lipinski definition) is 12. The molecule has 1 aliphatic heterocycles. The smallest absolute Gasteiger partial charge is 0.351 e. The number of anilines is 1. The van der Waals surface area contributed by atoms with Crippen molar-refractivity contribution in [2.45, 2.75) is 122 Å². The van der Waals surface area contributed by atoms with Gasteiger partial charge in [-0.05, 0) is 92.8 Å². The maximum atomic E-state index is 14.0. The second-order valence-electron chi connectivity index (χ2n) is 17.5. The molecule has 2 heterocycles. The van der Waals surface area contributed by atoms with E-state index < -0.39 is 52.7 Å². The van der Waals surface area contributed by atoms with E-state index in [0.29, 0.717) is 11.5 Å². The highest BCUT2D eigenvalue weighted by Crippen LogP contribution is 2.52. The third kappa shape index (κ3) is 11.6. The first kappa shape index (κ1) is 49.5. The largest absolute Gasteiger partial charge is 0.497 e. The zero-order valence-electron chi connectivity index (χ0n) is 38.7. The van der Waals surface area contributed by atoms with E-state index >= 15 is 0 Å². The van der Waals surface area contributed by atoms with Gasteiger partial charge in [-0.25, -0.2) is 9.46 Å². The van der Waals surface area contributed by atoms with Crippen molar-refractivity contribution in [3.63, 3.8) is 0 Å². The van der Waals surface area contributed by atoms with Gasteiger partial charge < -0.3 is 37.7 Å². The number of hydrogen-bond donors (Lipinski definition) is 1. The number of carbonyl (C=O) groups is 1. The third-order valence-corrected chi connectivity index (χ3v) is 18.0. The summed E-state index contributed by atoms with van der Waals surface area (Å²) in [5.41, 5.74) is 0.633. The standard InChI is InChI=1S/C47H64N5O9PSi/c1-32(2)52(33(3)4)62(58-30-16-28-48)60-42-40(59-44(43(42)61-63(11,12)46(6,7)8)51-29-27-41(49-34(5)53)50-45(51)54)31-57-47(35-17-14-13-15-18-35,36-19-23-38(55-9)24-20-36)37-21-25-39(56-10)26-22-37/h13-15,17-27,29,32-33,40,42-44H,16,30-31H2,1-12H3,(H,49,50,53,54)/t40-,42?,43+,44-,62?/m1/s1/i27+1,29+1,31+1,40+1,41+1,42+1,43+1,44+1,45+1. The summed E-state index contributed by atoms with van der Waals surface area (Å²) in [4.78, 5) is 30.2. The maximum Gasteiger partial charge on any atom is 0.351 e. The predicted molar refractivity (Wildman–Crippen MR) is 247 cm³/mol. The average Bonchev–Trinajstić information content (AvgIpc) is 3.55. The SMILES string of the molecule is COc1ccc(C(O[13CH2][13C@H]2O[13C@@H](n3[13cH][13cH][13c](NC(C)=O)n[13c]3=O)[13C@@H](O[Si](C)(C)C(C)(C)C)[13CH]2OP(OCCC#N)N(C(C)C)C(C)C)(c2ccccc2)c2ccc(OC)cc2)cc1. The van der Waals surface area contributed by atoms with Crippen LogP contribution in [0.25, 0.3) is 0 Å². The summed E-state index contributed by atoms with van der Waals surface area (Å²) >= 11 is 0. The van der Waals surface area contributed by atoms with E-state index in [4.69, 9.17) is 32.4 Å². The summed E-state index contributed by atoms with van der Waals surface area (Å²) < 4.78 is 50.3. The lowest BCUT2D eigenvalue weighted by atomic mass is 9.80. The molecule has 5 rings (SSSR count). The summed E-state index contributed by atoms with van der Waals surface area (Å²) in [5, 5.41) is 11.9. The van der Waals surface area contributed by atoms with E-state index in [-0.39, 0.29) is 48.5 Å². The van der Waals surface area contributed by atoms with Crippen molar-refractivity contribution in [1.82, 2.24) is 14.2 Å². The molecular formula is C47H64N5O9PSi. The van der Waals surface area contributed by atoms with Crippen LogP contribution in [0.5, 0.6) is 11.5 Å². The molecule has 14 nitrogen and oxygen atoms in total. The Balaban J connectivity index is 1.74. The van der Waals surface area contributed by atoms with Crippen LogP contribution in [-0.4, -0.2) is 86.3 Å². The molecule has 4 aromatic rings. The topological polar surface area (TPSA) is 156 Å². The van der Waals surface area contributed by atoms with Crippen LogP contribution in [0.4, 0.5) is 5.82 Å². The number of carbonyl (C=O) groups excluding carboxylic acids is 1. The molecule has 1 saturated heterocycles. The van der Waals surface area contributed by atoms with Crippen LogP contribution in [0.3, 0.4) is 0 Å². The van der Waals surface area contributed by atoms with Crippen LogP contribution in [0.2, 0.25) is 18.1 Å². The van der Waals surface area contributed by atoms with Crippen molar-refractivity contribution in [2.24, 2.45) is 0 Å². The van der Waals surface area contributed by atoms with Crippen molar-refractivity contribution in [3.05, 3.63) is 118 Å². The Labute approximate surface area is 374 Å². The van der Waals surface area contributed by atoms with Gasteiger partial charge in [0.05, 0.1) is 39.9 Å². The highest BCUT2D eigenvalue weighted by molar-refractivity contribution is 7.44. The van der Waals surface area contributed by atoms with Crippen LogP contribution in [0.15, 0.2) is 95.9 Å². The molecule has 1 aliphatic rings. The number of rotatable bonds is 20. The van der Waals surface area contributed by atoms with E-state index in [2.05, 4.69) is 82.6 Å². The molecule has 3 aromatic carbocycles. The van der Waals surface area contributed by atoms with Gasteiger partial charge in [-0.2, -0.15) is 10.2 Å². The lowest BCUT2D eigenvalue weighted by molar-refractivity contribution is -0.114. The van der Waals surface area contributed by atoms with Crippen molar-refractivity contribution in [1.29, 1.82) is 5.26 Å². The molecule has 1 fully saturated rings. The first-order valence-corrected chi connectivity index (χ1v) is 25.3. The van der Waals surface area contributed by atoms with Crippen molar-refractivity contribution >= 4 is 28.6 Å². The van der Waals surface area contributed by atoms with E-state index in [1.165, 1.54) is 11.5 Å². The first-order valence-electron chi connectivity index (χ1n) is 21.3. The Hall–Kier alpha value is -4.49. The van der Waals surface area contributed by atoms with Crippen LogP contribution < -0.4 is 20.5 Å². The molecule has 0 bridgehead atoms. The predicted octanol–water partition coefficient (Wildman–Crippen LogP) is 9.18. The van der Waals surface area contributed by atoms with E-state index in [9.17, 15) is 14.9 Å². The van der Waals surface area contributed by atoms with E-state index in [1.54, 1.807) is 26.5 Å². The van der Waals surface area contributed by atoms with Crippen LogP contribution in [0, 0.1) is 11.3 Å². The fourth-order valence-corrected chi connectivity index (χ4v) is 10.4. The summed E-state index contributed by atoms with van der Waals surface area (Å²) in [6.45, 7) is 20.4. The molecule has 0 radical (unpaired) electrons. The van der Waals surface area contributed by atoms with E-state index in [1.807, 2.05) is 78.9 Å². The Bertz CT molecular complexity index is 2140. The van der Waals surface area contributed by atoms with Gasteiger partial charge in [-0.3, -0.25) is 9.36 Å². The van der Waals surface area contributed by atoms with Gasteiger partial charge in [0.2, 0.25) is 5.91 Å². The number of ether oxygens (including phenoxy) is 4. The lowest BCUT2D eigenvalue weighted by Gasteiger charge is -2.42. The van der Waals surface area contributed by atoms with Gasteiger partial charge in [0, 0.05) is 25.2 Å². The average molecular weight is 911 g/mol. The van der Waals surface area contributed by atoms with Crippen LogP contribution >= 0.6 is 8.53 Å². The van der Waals surface area contributed by atoms with Gasteiger partial charge in [0.15, 0.2) is 14.5 Å². The minimum Gasteiger partial charge on any atom is -0.497 e. The Kier molecular flexibility index (Phi) is 16.9. The molecular weight excluding hydrogens is 847 g/mol. The van der Waals surface area contributed by atoms with Crippen LogP contribution in [0.1, 0.15) is 84.7 Å². The molecule has 1 amide bonds. The summed E-state index contributed by atoms with van der Waals surface area (Å²) in [5.74, 6) is 1.12. The molecule has 16 heteroatoms. The molecule has 0 aliphatic carbocycles. The van der Waals surface area contributed by atoms with E-state index in [0.717, 1.165) is 16.7 Å². The number of methoxy groups -OCH3 is 2. The van der Waals surface area contributed by atoms with Crippen molar-refractivity contribution in [3.8, 4) is 17.6 Å². The normalized spacial score (nSPS) is 18.7. The van der Waals surface area contributed by atoms with Gasteiger partial charge in [-0.1, -0.05) is 75.4 Å². The van der Waals surface area contributed by atoms with Gasteiger partial charge in [0.1, 0.15) is 41.2 Å². The van der Waals surface area contributed by atoms with Gasteiger partial charge >= 0.3 is 5.69 Å². The summed E-state index contributed by atoms with van der Waals surface area (Å²) in [6.07, 6.45) is -1.94. The van der Waals surface area contributed by atoms with Crippen molar-refractivity contribution in [2.75, 3.05) is 32.8 Å². The fourth-order valence-electron chi connectivity index (χ4n) is 7.37. The second kappa shape index (κ2) is 21.5. The number of nitriles is 1. The Morgan fingerprint density at radius 3 is 1.94 bits per heavy atom. The third-order valence-electron chi connectivity index (χ3n) is 11.4. The number of aromatic nitrogens is 2. The lowest BCUT2D eigenvalue weighted by Crippen LogP contribution is -2.50. The second-order valence-corrected chi connectivity index (χ2v) is 23.7. The number of nitrogens with one attached hydrogen (secondary N) is 1. The maximum absolute atomic E-state index is 14.0. The fraction of sp³-hybridized carbons (Fsp3) is 0.489. The number of amides is 1. The zero-order valence-corrected chi connectivity index (χ0v) is 40.6. The highest BCUT2D eigenvalue weighted by atomic mass is 31.2. The molecule has 63 heavy (non-hydrogen) atoms. The number of benzene rings is 3. The molecule has 1 N–H and O–H groups in total. The molecule has 0 spiro atoms. The monoisotopic (exact) mass is 910 g/mol. The molecule has 340 valence electrons. The minimum atomic E-state index is -2.66. The van der Waals surface area contributed by atoms with Gasteiger partial charge in [0.25, 0.3) is 8.53 Å². The van der Waals surface area contributed by atoms with Gasteiger partial charge in [-0.15, -0.1) is 0 Å². The highest BCUT2D eigenvalue weighted by Gasteiger charge is 2.54. The first-order chi connectivity index (χ1) is 29.9. The quantitative estimate of drug-likeness (QED) is 0.0296. The summed E-state index contributed by atoms with van der Waals surface area (Å²) in [6, 6.07) is 29.2. The molecule has 0 saturated carbocycles. The molecule has 1 aromatic heterocycles.